The quantitative estimate of drug-likeness (QED) is 0.767. The summed E-state index contributed by atoms with van der Waals surface area (Å²) in [5.41, 5.74) is 2.60. The van der Waals surface area contributed by atoms with E-state index in [1.807, 2.05) is 6.07 Å². The van der Waals surface area contributed by atoms with Gasteiger partial charge in [-0.05, 0) is 36.8 Å². The highest BCUT2D eigenvalue weighted by Gasteiger charge is 2.29. The molecule has 1 saturated carbocycles. The lowest BCUT2D eigenvalue weighted by Crippen LogP contribution is -2.28. The smallest absolute Gasteiger partial charge is 0.0640 e. The fourth-order valence-corrected chi connectivity index (χ4v) is 3.44. The van der Waals surface area contributed by atoms with Crippen LogP contribution < -0.4 is 5.32 Å². The van der Waals surface area contributed by atoms with Crippen LogP contribution in [0.4, 0.5) is 5.69 Å². The molecule has 1 heterocycles. The van der Waals surface area contributed by atoms with E-state index >= 15 is 0 Å². The summed E-state index contributed by atoms with van der Waals surface area (Å²) in [5, 5.41) is 4.53. The summed E-state index contributed by atoms with van der Waals surface area (Å²) in [4.78, 5) is 0. The van der Waals surface area contributed by atoms with Crippen molar-refractivity contribution in [2.45, 2.75) is 44.6 Å². The van der Waals surface area contributed by atoms with Crippen LogP contribution in [0, 0.1) is 5.92 Å². The third-order valence-electron chi connectivity index (χ3n) is 4.09. The lowest BCUT2D eigenvalue weighted by Gasteiger charge is -2.27. The van der Waals surface area contributed by atoms with Crippen molar-refractivity contribution >= 4 is 17.3 Å². The molecule has 0 aromatic heterocycles. The summed E-state index contributed by atoms with van der Waals surface area (Å²) >= 11 is 6.21. The van der Waals surface area contributed by atoms with Crippen molar-refractivity contribution in [1.82, 2.24) is 0 Å². The summed E-state index contributed by atoms with van der Waals surface area (Å²) in [6, 6.07) is 6.88. The topological polar surface area (TPSA) is 12.0 Å². The predicted molar refractivity (Wildman–Crippen MR) is 69.1 cm³/mol. The molecule has 1 nitrogen and oxygen atoms in total. The fourth-order valence-electron chi connectivity index (χ4n) is 3.19. The minimum atomic E-state index is 0.634. The van der Waals surface area contributed by atoms with Crippen LogP contribution in [0.15, 0.2) is 18.2 Å². The Balaban J connectivity index is 1.77. The average molecular weight is 236 g/mol. The van der Waals surface area contributed by atoms with Gasteiger partial charge in [0.1, 0.15) is 0 Å². The lowest BCUT2D eigenvalue weighted by atomic mass is 9.83. The minimum absolute atomic E-state index is 0.634. The Morgan fingerprint density at radius 2 is 1.94 bits per heavy atom. The number of anilines is 1. The number of fused-ring (bicyclic) bond motifs is 1. The van der Waals surface area contributed by atoms with Crippen molar-refractivity contribution in [3.63, 3.8) is 0 Å². The molecule has 1 atom stereocenters. The average Bonchev–Trinajstić information content (AvgIpc) is 2.76. The van der Waals surface area contributed by atoms with Gasteiger partial charge in [-0.25, -0.2) is 0 Å². The van der Waals surface area contributed by atoms with Crippen LogP contribution in [0.2, 0.25) is 5.02 Å². The summed E-state index contributed by atoms with van der Waals surface area (Å²) in [6.07, 6.45) is 8.20. The van der Waals surface area contributed by atoms with Crippen LogP contribution in [0.3, 0.4) is 0 Å². The number of hydrogen-bond donors (Lipinski definition) is 1. The van der Waals surface area contributed by atoms with Gasteiger partial charge >= 0.3 is 0 Å². The van der Waals surface area contributed by atoms with Crippen LogP contribution in [-0.2, 0) is 6.42 Å². The maximum Gasteiger partial charge on any atom is 0.0640 e. The van der Waals surface area contributed by atoms with Crippen molar-refractivity contribution < 1.29 is 0 Å². The second kappa shape index (κ2) is 4.29. The Morgan fingerprint density at radius 3 is 2.69 bits per heavy atom. The second-order valence-corrected chi connectivity index (χ2v) is 5.53. The molecule has 1 aliphatic heterocycles. The second-order valence-electron chi connectivity index (χ2n) is 5.13. The molecular weight excluding hydrogens is 218 g/mol. The molecule has 2 aliphatic rings. The Morgan fingerprint density at radius 1 is 1.12 bits per heavy atom. The molecule has 1 aromatic carbocycles. The molecule has 1 aromatic rings. The number of para-hydroxylation sites is 1. The summed E-state index contributed by atoms with van der Waals surface area (Å²) < 4.78 is 0. The molecule has 16 heavy (non-hydrogen) atoms. The van der Waals surface area contributed by atoms with Crippen LogP contribution in [-0.4, -0.2) is 6.04 Å². The van der Waals surface area contributed by atoms with Gasteiger partial charge in [0.05, 0.1) is 10.7 Å². The molecule has 0 bridgehead atoms. The molecule has 0 spiro atoms. The molecule has 2 heteroatoms. The third-order valence-corrected chi connectivity index (χ3v) is 4.40. The Hall–Kier alpha value is -0.690. The van der Waals surface area contributed by atoms with Gasteiger partial charge in [0, 0.05) is 6.04 Å². The van der Waals surface area contributed by atoms with Crippen molar-refractivity contribution in [2.75, 3.05) is 5.32 Å². The van der Waals surface area contributed by atoms with Gasteiger partial charge in [0.2, 0.25) is 0 Å². The zero-order valence-corrected chi connectivity index (χ0v) is 10.3. The molecular formula is C14H18ClN. The molecule has 3 rings (SSSR count). The lowest BCUT2D eigenvalue weighted by molar-refractivity contribution is 0.321. The normalized spacial score (nSPS) is 25.2. The highest BCUT2D eigenvalue weighted by Crippen LogP contribution is 2.38. The fraction of sp³-hybridized carbons (Fsp3) is 0.571. The number of halogens is 1. The van der Waals surface area contributed by atoms with E-state index in [-0.39, 0.29) is 0 Å². The van der Waals surface area contributed by atoms with Crippen LogP contribution in [0.25, 0.3) is 0 Å². The van der Waals surface area contributed by atoms with E-state index < -0.39 is 0 Å². The third kappa shape index (κ3) is 1.82. The van der Waals surface area contributed by atoms with Crippen molar-refractivity contribution in [3.8, 4) is 0 Å². The molecule has 1 unspecified atom stereocenters. The maximum atomic E-state index is 6.21. The van der Waals surface area contributed by atoms with Crippen molar-refractivity contribution in [1.29, 1.82) is 0 Å². The van der Waals surface area contributed by atoms with Gasteiger partial charge < -0.3 is 5.32 Å². The van der Waals surface area contributed by atoms with Crippen molar-refractivity contribution in [2.24, 2.45) is 5.92 Å². The van der Waals surface area contributed by atoms with E-state index in [4.69, 9.17) is 11.6 Å². The molecule has 0 radical (unpaired) electrons. The van der Waals surface area contributed by atoms with E-state index in [0.29, 0.717) is 6.04 Å². The Bertz CT molecular complexity index is 382. The number of rotatable bonds is 1. The van der Waals surface area contributed by atoms with Gasteiger partial charge in [-0.15, -0.1) is 0 Å². The molecule has 86 valence electrons. The van der Waals surface area contributed by atoms with Gasteiger partial charge in [-0.1, -0.05) is 43.0 Å². The monoisotopic (exact) mass is 235 g/mol. The first-order valence-corrected chi connectivity index (χ1v) is 6.76. The van der Waals surface area contributed by atoms with E-state index in [1.54, 1.807) is 0 Å². The van der Waals surface area contributed by atoms with E-state index in [1.165, 1.54) is 49.8 Å². The Kier molecular flexibility index (Phi) is 2.81. The first-order chi connectivity index (χ1) is 7.84. The van der Waals surface area contributed by atoms with Crippen molar-refractivity contribution in [3.05, 3.63) is 28.8 Å². The van der Waals surface area contributed by atoms with Gasteiger partial charge in [-0.2, -0.15) is 0 Å². The summed E-state index contributed by atoms with van der Waals surface area (Å²) in [6.45, 7) is 0. The number of benzene rings is 1. The number of hydrogen-bond acceptors (Lipinski definition) is 1. The SMILES string of the molecule is Clc1cccc2c1NC(C1CCCCC1)C2. The summed E-state index contributed by atoms with van der Waals surface area (Å²) in [7, 11) is 0. The minimum Gasteiger partial charge on any atom is -0.380 e. The standard InChI is InChI=1S/C14H18ClN/c15-12-8-4-7-11-9-13(16-14(11)12)10-5-2-1-3-6-10/h4,7-8,10,13,16H,1-3,5-6,9H2. The zero-order valence-electron chi connectivity index (χ0n) is 9.51. The van der Waals surface area contributed by atoms with Crippen LogP contribution in [0.5, 0.6) is 0 Å². The largest absolute Gasteiger partial charge is 0.380 e. The Labute approximate surface area is 102 Å². The maximum absolute atomic E-state index is 6.21. The van der Waals surface area contributed by atoms with E-state index in [0.717, 1.165) is 10.9 Å². The number of nitrogens with one attached hydrogen (secondary N) is 1. The zero-order chi connectivity index (χ0) is 11.0. The van der Waals surface area contributed by atoms with E-state index in [2.05, 4.69) is 17.4 Å². The van der Waals surface area contributed by atoms with Crippen LogP contribution in [0.1, 0.15) is 37.7 Å². The predicted octanol–water partition coefficient (Wildman–Crippen LogP) is 4.26. The van der Waals surface area contributed by atoms with Gasteiger partial charge in [-0.3, -0.25) is 0 Å². The van der Waals surface area contributed by atoms with Gasteiger partial charge in [0.15, 0.2) is 0 Å². The molecule has 1 N–H and O–H groups in total. The molecule has 0 saturated heterocycles. The molecule has 1 fully saturated rings. The highest BCUT2D eigenvalue weighted by atomic mass is 35.5. The first-order valence-electron chi connectivity index (χ1n) is 6.38. The van der Waals surface area contributed by atoms with Gasteiger partial charge in [0.25, 0.3) is 0 Å². The van der Waals surface area contributed by atoms with Crippen LogP contribution >= 0.6 is 11.6 Å². The summed E-state index contributed by atoms with van der Waals surface area (Å²) in [5.74, 6) is 0.859. The highest BCUT2D eigenvalue weighted by molar-refractivity contribution is 6.33. The first kappa shape index (κ1) is 10.5. The van der Waals surface area contributed by atoms with E-state index in [9.17, 15) is 0 Å². The molecule has 1 aliphatic carbocycles. The molecule has 0 amide bonds.